The van der Waals surface area contributed by atoms with Crippen LogP contribution < -0.4 is 25.4 Å². The molecule has 3 amide bonds. The molecule has 0 bridgehead atoms. The van der Waals surface area contributed by atoms with Gasteiger partial charge in [0.05, 0.1) is 25.6 Å². The van der Waals surface area contributed by atoms with Crippen LogP contribution in [0.25, 0.3) is 10.9 Å². The number of methoxy groups -OCH3 is 2. The number of fused-ring (bicyclic) bond motifs is 3. The van der Waals surface area contributed by atoms with E-state index in [9.17, 15) is 14.4 Å². The zero-order chi connectivity index (χ0) is 35.4. The van der Waals surface area contributed by atoms with Gasteiger partial charge >= 0.3 is 12.2 Å². The Morgan fingerprint density at radius 1 is 0.980 bits per heavy atom. The molecule has 50 heavy (non-hydrogen) atoms. The van der Waals surface area contributed by atoms with Crippen LogP contribution in [-0.4, -0.2) is 68.5 Å². The van der Waals surface area contributed by atoms with Gasteiger partial charge in [-0.2, -0.15) is 0 Å². The summed E-state index contributed by atoms with van der Waals surface area (Å²) >= 11 is 0. The highest BCUT2D eigenvalue weighted by Crippen LogP contribution is 2.34. The summed E-state index contributed by atoms with van der Waals surface area (Å²) in [5.74, 6) is 1.23. The zero-order valence-corrected chi connectivity index (χ0v) is 28.7. The van der Waals surface area contributed by atoms with E-state index in [0.29, 0.717) is 24.6 Å². The number of benzene rings is 3. The SMILES string of the molecule is C=CCc1cc2c(cc1OC)COC(=O)N2C.COc1cc2c(cc1CCN1CCC(n3ccc4ccc(C(N)=O)cc43)CC1)NC(=O)OC2. The highest BCUT2D eigenvalue weighted by molar-refractivity contribution is 5.97. The fourth-order valence-corrected chi connectivity index (χ4v) is 6.82. The van der Waals surface area contributed by atoms with Crippen molar-refractivity contribution in [3.8, 4) is 11.5 Å². The minimum Gasteiger partial charge on any atom is -0.496 e. The van der Waals surface area contributed by atoms with Crippen LogP contribution in [-0.2, 0) is 35.5 Å². The number of cyclic esters (lactones) is 2. The van der Waals surface area contributed by atoms with E-state index in [0.717, 1.165) is 94.9 Å². The average molecular weight is 682 g/mol. The molecule has 12 nitrogen and oxygen atoms in total. The second kappa shape index (κ2) is 15.0. The van der Waals surface area contributed by atoms with E-state index >= 15 is 0 Å². The summed E-state index contributed by atoms with van der Waals surface area (Å²) in [4.78, 5) is 38.6. The molecule has 3 aliphatic rings. The number of ether oxygens (including phenoxy) is 4. The first-order valence-electron chi connectivity index (χ1n) is 16.7. The Morgan fingerprint density at radius 2 is 1.70 bits per heavy atom. The molecule has 4 aromatic rings. The molecule has 0 radical (unpaired) electrons. The highest BCUT2D eigenvalue weighted by atomic mass is 16.6. The summed E-state index contributed by atoms with van der Waals surface area (Å²) in [5.41, 5.74) is 12.7. The summed E-state index contributed by atoms with van der Waals surface area (Å²) in [7, 11) is 5.00. The van der Waals surface area contributed by atoms with E-state index in [-0.39, 0.29) is 12.7 Å². The minimum absolute atomic E-state index is 0.264. The predicted molar refractivity (Wildman–Crippen MR) is 191 cm³/mol. The molecule has 1 saturated heterocycles. The summed E-state index contributed by atoms with van der Waals surface area (Å²) in [6.45, 7) is 7.19. The van der Waals surface area contributed by atoms with E-state index in [4.69, 9.17) is 24.7 Å². The molecule has 3 aliphatic heterocycles. The molecule has 262 valence electrons. The smallest absolute Gasteiger partial charge is 0.414 e. The molecule has 0 unspecified atom stereocenters. The number of aromatic nitrogens is 1. The van der Waals surface area contributed by atoms with Crippen molar-refractivity contribution in [3.63, 3.8) is 0 Å². The van der Waals surface area contributed by atoms with Crippen LogP contribution in [0.5, 0.6) is 11.5 Å². The summed E-state index contributed by atoms with van der Waals surface area (Å²) in [6.07, 6.45) is 6.81. The molecule has 3 aromatic carbocycles. The molecule has 0 aliphatic carbocycles. The van der Waals surface area contributed by atoms with Gasteiger partial charge < -0.3 is 34.1 Å². The first-order valence-corrected chi connectivity index (χ1v) is 16.7. The molecule has 4 heterocycles. The van der Waals surface area contributed by atoms with Crippen LogP contribution >= 0.6 is 0 Å². The number of primary amides is 1. The van der Waals surface area contributed by atoms with Gasteiger partial charge in [-0.25, -0.2) is 9.59 Å². The molecular weight excluding hydrogens is 638 g/mol. The Labute approximate surface area is 291 Å². The second-order valence-corrected chi connectivity index (χ2v) is 12.6. The predicted octanol–water partition coefficient (Wildman–Crippen LogP) is 6.20. The lowest BCUT2D eigenvalue weighted by Gasteiger charge is -2.33. The standard InChI is InChI=1S/C25H28N4O4.C13H15NO3/c1-32-23-14-19-15-33-25(31)27-21(19)12-17(23)4-8-28-9-6-20(7-10-28)29-11-5-16-2-3-18(24(26)30)13-22(16)29;1-4-5-9-6-11-10(7-12(9)16-3)8-17-13(15)14(11)2/h2-3,5,11-14,20H,4,6-10,15H2,1H3,(H2,26,30)(H,27,31);4,6-7H,1,5,8H2,2-3H3. The summed E-state index contributed by atoms with van der Waals surface area (Å²) in [6, 6.07) is 16.0. The third-order valence-electron chi connectivity index (χ3n) is 9.59. The Balaban J connectivity index is 0.000000214. The number of anilines is 2. The van der Waals surface area contributed by atoms with Gasteiger partial charge in [-0.3, -0.25) is 15.0 Å². The number of carbonyl (C=O) groups excluding carboxylic acids is 3. The molecule has 1 aromatic heterocycles. The van der Waals surface area contributed by atoms with Crippen molar-refractivity contribution in [1.29, 1.82) is 0 Å². The molecule has 7 rings (SSSR count). The molecule has 0 atom stereocenters. The van der Waals surface area contributed by atoms with Crippen LogP contribution in [0.1, 0.15) is 51.5 Å². The van der Waals surface area contributed by atoms with Gasteiger partial charge in [0.2, 0.25) is 5.91 Å². The fraction of sp³-hybridized carbons (Fsp3) is 0.342. The summed E-state index contributed by atoms with van der Waals surface area (Å²) < 4.78 is 23.3. The largest absolute Gasteiger partial charge is 0.496 e. The molecule has 3 N–H and O–H groups in total. The van der Waals surface area contributed by atoms with Crippen LogP contribution in [0.2, 0.25) is 0 Å². The van der Waals surface area contributed by atoms with Gasteiger partial charge in [-0.15, -0.1) is 6.58 Å². The topological polar surface area (TPSA) is 138 Å². The Hall–Kier alpha value is -5.49. The van der Waals surface area contributed by atoms with E-state index in [2.05, 4.69) is 33.6 Å². The number of nitrogens with zero attached hydrogens (tertiary/aromatic N) is 3. The van der Waals surface area contributed by atoms with Crippen molar-refractivity contribution in [2.45, 2.75) is 44.9 Å². The first-order chi connectivity index (χ1) is 24.2. The van der Waals surface area contributed by atoms with Crippen LogP contribution in [0, 0.1) is 0 Å². The lowest BCUT2D eigenvalue weighted by atomic mass is 10.0. The van der Waals surface area contributed by atoms with Crippen molar-refractivity contribution in [3.05, 3.63) is 95.2 Å². The molecule has 0 saturated carbocycles. The maximum Gasteiger partial charge on any atom is 0.414 e. The van der Waals surface area contributed by atoms with E-state index in [1.54, 1.807) is 27.3 Å². The van der Waals surface area contributed by atoms with Crippen molar-refractivity contribution >= 4 is 40.4 Å². The van der Waals surface area contributed by atoms with Gasteiger partial charge in [-0.1, -0.05) is 12.1 Å². The average Bonchev–Trinajstić information content (AvgIpc) is 3.56. The van der Waals surface area contributed by atoms with E-state index in [1.807, 2.05) is 42.5 Å². The maximum atomic E-state index is 11.6. The second-order valence-electron chi connectivity index (χ2n) is 12.6. The van der Waals surface area contributed by atoms with E-state index < -0.39 is 12.0 Å². The number of hydrogen-bond acceptors (Lipinski definition) is 8. The molecule has 1 fully saturated rings. The number of likely N-dealkylation sites (tertiary alicyclic amines) is 1. The Kier molecular flexibility index (Phi) is 10.3. The van der Waals surface area contributed by atoms with Gasteiger partial charge in [0.25, 0.3) is 0 Å². The molecule has 12 heteroatoms. The van der Waals surface area contributed by atoms with Crippen LogP contribution in [0.15, 0.2) is 67.4 Å². The monoisotopic (exact) mass is 681 g/mol. The van der Waals surface area contributed by atoms with Crippen LogP contribution in [0.3, 0.4) is 0 Å². The van der Waals surface area contributed by atoms with Crippen molar-refractivity contribution in [1.82, 2.24) is 9.47 Å². The van der Waals surface area contributed by atoms with Crippen molar-refractivity contribution < 1.29 is 33.3 Å². The number of hydrogen-bond donors (Lipinski definition) is 2. The third kappa shape index (κ3) is 7.25. The van der Waals surface area contributed by atoms with Gasteiger partial charge in [0.1, 0.15) is 24.7 Å². The van der Waals surface area contributed by atoms with Gasteiger partial charge in [-0.05, 0) is 84.7 Å². The van der Waals surface area contributed by atoms with Gasteiger partial charge in [0, 0.05) is 61.1 Å². The number of nitrogens with two attached hydrogens (primary N) is 1. The normalized spacial score (nSPS) is 15.9. The first kappa shape index (κ1) is 34.4. The van der Waals surface area contributed by atoms with Gasteiger partial charge in [0.15, 0.2) is 0 Å². The number of nitrogens with one attached hydrogen (secondary N) is 1. The quantitative estimate of drug-likeness (QED) is 0.199. The maximum absolute atomic E-state index is 11.6. The molecular formula is C38H43N5O7. The third-order valence-corrected chi connectivity index (χ3v) is 9.59. The van der Waals surface area contributed by atoms with Crippen LogP contribution in [0.4, 0.5) is 21.0 Å². The lowest BCUT2D eigenvalue weighted by molar-refractivity contribution is 0.1000. The minimum atomic E-state index is -0.416. The Morgan fingerprint density at radius 3 is 2.42 bits per heavy atom. The number of allylic oxidation sites excluding steroid dienone is 1. The molecule has 0 spiro atoms. The number of piperidine rings is 1. The summed E-state index contributed by atoms with van der Waals surface area (Å²) in [5, 5.41) is 3.90. The number of carbonyl (C=O) groups is 3. The van der Waals surface area contributed by atoms with Crippen molar-refractivity contribution in [2.24, 2.45) is 5.73 Å². The fourth-order valence-electron chi connectivity index (χ4n) is 6.82. The highest BCUT2D eigenvalue weighted by Gasteiger charge is 2.25. The van der Waals surface area contributed by atoms with E-state index in [1.165, 1.54) is 4.90 Å². The Bertz CT molecular complexity index is 1930. The number of rotatable bonds is 9. The number of amides is 3. The van der Waals surface area contributed by atoms with Crippen molar-refractivity contribution in [2.75, 3.05) is 51.1 Å². The zero-order valence-electron chi connectivity index (χ0n) is 28.7. The lowest BCUT2D eigenvalue weighted by Crippen LogP contribution is -2.36.